The van der Waals surface area contributed by atoms with Gasteiger partial charge in [-0.1, -0.05) is 15.9 Å². The smallest absolute Gasteiger partial charge is 0.343 e. The van der Waals surface area contributed by atoms with Crippen molar-refractivity contribution in [2.75, 3.05) is 27.9 Å². The Morgan fingerprint density at radius 3 is 2.23 bits per heavy atom. The minimum absolute atomic E-state index is 0.137. The van der Waals surface area contributed by atoms with Crippen LogP contribution in [0.3, 0.4) is 0 Å². The minimum atomic E-state index is -1.21. The van der Waals surface area contributed by atoms with Gasteiger partial charge in [0, 0.05) is 10.0 Å². The van der Waals surface area contributed by atoms with E-state index in [1.54, 1.807) is 6.07 Å². The Bertz CT molecular complexity index is 691. The van der Waals surface area contributed by atoms with E-state index >= 15 is 0 Å². The number of ether oxygens (including phenoxy) is 4. The number of benzene rings is 1. The number of amides is 1. The lowest BCUT2D eigenvalue weighted by atomic mass is 10.1. The van der Waals surface area contributed by atoms with E-state index in [1.165, 1.54) is 19.2 Å². The summed E-state index contributed by atoms with van der Waals surface area (Å²) in [6, 6.07) is 3.19. The van der Waals surface area contributed by atoms with Gasteiger partial charge in [-0.25, -0.2) is 9.59 Å². The number of carbonyl (C=O) groups is 4. The Balaban J connectivity index is 2.92. The fourth-order valence-corrected chi connectivity index (χ4v) is 2.28. The topological polar surface area (TPSA) is 117 Å². The van der Waals surface area contributed by atoms with E-state index < -0.39 is 29.9 Å². The van der Waals surface area contributed by atoms with Crippen molar-refractivity contribution in [3.05, 3.63) is 28.2 Å². The molecule has 0 saturated carbocycles. The second-order valence-corrected chi connectivity index (χ2v) is 5.79. The van der Waals surface area contributed by atoms with Crippen molar-refractivity contribution >= 4 is 39.7 Å². The van der Waals surface area contributed by atoms with Gasteiger partial charge in [-0.2, -0.15) is 0 Å². The molecule has 0 heterocycles. The zero-order chi connectivity index (χ0) is 19.7. The van der Waals surface area contributed by atoms with Crippen LogP contribution in [-0.2, 0) is 28.6 Å². The highest BCUT2D eigenvalue weighted by atomic mass is 79.9. The summed E-state index contributed by atoms with van der Waals surface area (Å²) in [6.45, 7) is -0.332. The lowest BCUT2D eigenvalue weighted by Crippen LogP contribution is -2.43. The van der Waals surface area contributed by atoms with Gasteiger partial charge in [0.25, 0.3) is 5.91 Å². The summed E-state index contributed by atoms with van der Waals surface area (Å²) < 4.78 is 19.3. The van der Waals surface area contributed by atoms with Crippen molar-refractivity contribution in [2.45, 2.75) is 12.5 Å². The molecule has 0 fully saturated rings. The lowest BCUT2D eigenvalue weighted by molar-refractivity contribution is -0.149. The SMILES string of the molecule is COC(=O)COc1cc(Br)cc(C(=O)NC(CC(=O)OC)C(=O)OC)c1. The van der Waals surface area contributed by atoms with Gasteiger partial charge in [0.05, 0.1) is 27.8 Å². The number of rotatable bonds is 8. The Kier molecular flexibility index (Phi) is 8.56. The second kappa shape index (κ2) is 10.4. The Hall–Kier alpha value is -2.62. The Morgan fingerprint density at radius 1 is 1.00 bits per heavy atom. The highest BCUT2D eigenvalue weighted by Gasteiger charge is 2.26. The van der Waals surface area contributed by atoms with Crippen LogP contribution in [0.2, 0.25) is 0 Å². The van der Waals surface area contributed by atoms with Crippen LogP contribution in [0.5, 0.6) is 5.75 Å². The quantitative estimate of drug-likeness (QED) is 0.475. The van der Waals surface area contributed by atoms with Crippen LogP contribution < -0.4 is 10.1 Å². The summed E-state index contributed by atoms with van der Waals surface area (Å²) >= 11 is 3.22. The molecule has 0 saturated heterocycles. The molecule has 1 rings (SSSR count). The molecule has 1 unspecified atom stereocenters. The van der Waals surface area contributed by atoms with E-state index in [1.807, 2.05) is 0 Å². The molecule has 26 heavy (non-hydrogen) atoms. The molecule has 0 aromatic heterocycles. The van der Waals surface area contributed by atoms with Gasteiger partial charge in [-0.3, -0.25) is 9.59 Å². The van der Waals surface area contributed by atoms with Gasteiger partial charge in [0.1, 0.15) is 11.8 Å². The normalized spacial score (nSPS) is 11.1. The number of nitrogens with one attached hydrogen (secondary N) is 1. The van der Waals surface area contributed by atoms with Crippen molar-refractivity contribution in [1.82, 2.24) is 5.32 Å². The average Bonchev–Trinajstić information content (AvgIpc) is 2.63. The number of carbonyl (C=O) groups excluding carboxylic acids is 4. The van der Waals surface area contributed by atoms with Crippen LogP contribution in [0.1, 0.15) is 16.8 Å². The Labute approximate surface area is 158 Å². The predicted octanol–water partition coefficient (Wildman–Crippen LogP) is 0.835. The van der Waals surface area contributed by atoms with Crippen LogP contribution >= 0.6 is 15.9 Å². The maximum atomic E-state index is 12.4. The van der Waals surface area contributed by atoms with Crippen LogP contribution in [0.15, 0.2) is 22.7 Å². The molecular weight excluding hydrogens is 414 g/mol. The van der Waals surface area contributed by atoms with Crippen LogP contribution in [0.4, 0.5) is 0 Å². The molecule has 0 bridgehead atoms. The van der Waals surface area contributed by atoms with Gasteiger partial charge < -0.3 is 24.3 Å². The lowest BCUT2D eigenvalue weighted by Gasteiger charge is -2.16. The van der Waals surface area contributed by atoms with Gasteiger partial charge in [-0.15, -0.1) is 0 Å². The van der Waals surface area contributed by atoms with E-state index in [0.717, 1.165) is 14.2 Å². The molecule has 1 amide bonds. The van der Waals surface area contributed by atoms with E-state index in [2.05, 4.69) is 35.5 Å². The van der Waals surface area contributed by atoms with E-state index in [4.69, 9.17) is 4.74 Å². The molecule has 1 atom stereocenters. The zero-order valence-electron chi connectivity index (χ0n) is 14.4. The van der Waals surface area contributed by atoms with Crippen LogP contribution in [0.25, 0.3) is 0 Å². The minimum Gasteiger partial charge on any atom is -0.482 e. The first-order valence-corrected chi connectivity index (χ1v) is 8.05. The summed E-state index contributed by atoms with van der Waals surface area (Å²) in [5.74, 6) is -2.47. The molecule has 0 radical (unpaired) electrons. The maximum absolute atomic E-state index is 12.4. The third kappa shape index (κ3) is 6.71. The molecule has 1 aromatic carbocycles. The molecule has 1 N–H and O–H groups in total. The fraction of sp³-hybridized carbons (Fsp3) is 0.375. The fourth-order valence-electron chi connectivity index (χ4n) is 1.81. The summed E-state index contributed by atoms with van der Waals surface area (Å²) in [7, 11) is 3.52. The van der Waals surface area contributed by atoms with E-state index in [9.17, 15) is 19.2 Å². The largest absolute Gasteiger partial charge is 0.482 e. The molecule has 0 aliphatic heterocycles. The number of methoxy groups -OCH3 is 3. The van der Waals surface area contributed by atoms with E-state index in [-0.39, 0.29) is 24.3 Å². The van der Waals surface area contributed by atoms with Crippen molar-refractivity contribution in [3.8, 4) is 5.75 Å². The first kappa shape index (κ1) is 21.4. The summed E-state index contributed by atoms with van der Waals surface area (Å²) in [5, 5.41) is 2.40. The zero-order valence-corrected chi connectivity index (χ0v) is 16.0. The Morgan fingerprint density at radius 2 is 1.65 bits per heavy atom. The average molecular weight is 432 g/mol. The van der Waals surface area contributed by atoms with Crippen molar-refractivity contribution in [3.63, 3.8) is 0 Å². The monoisotopic (exact) mass is 431 g/mol. The number of esters is 3. The molecule has 10 heteroatoms. The third-order valence-corrected chi connectivity index (χ3v) is 3.57. The predicted molar refractivity (Wildman–Crippen MR) is 91.6 cm³/mol. The molecule has 0 aliphatic carbocycles. The van der Waals surface area contributed by atoms with Gasteiger partial charge in [0.15, 0.2) is 6.61 Å². The van der Waals surface area contributed by atoms with Crippen molar-refractivity contribution < 1.29 is 38.1 Å². The molecule has 1 aromatic rings. The standard InChI is InChI=1S/C16H18BrNO8/c1-23-13(19)7-12(16(22)25-3)18-15(21)9-4-10(17)6-11(5-9)26-8-14(20)24-2/h4-6,12H,7-8H2,1-3H3,(H,18,21). The third-order valence-electron chi connectivity index (χ3n) is 3.11. The summed E-state index contributed by atoms with van der Waals surface area (Å²) in [5.41, 5.74) is 0.137. The number of halogens is 1. The van der Waals surface area contributed by atoms with Crippen molar-refractivity contribution in [1.29, 1.82) is 0 Å². The van der Waals surface area contributed by atoms with Gasteiger partial charge in [0.2, 0.25) is 0 Å². The molecule has 9 nitrogen and oxygen atoms in total. The highest BCUT2D eigenvalue weighted by molar-refractivity contribution is 9.10. The second-order valence-electron chi connectivity index (χ2n) is 4.87. The number of hydrogen-bond donors (Lipinski definition) is 1. The molecule has 142 valence electrons. The highest BCUT2D eigenvalue weighted by Crippen LogP contribution is 2.22. The first-order valence-electron chi connectivity index (χ1n) is 7.26. The van der Waals surface area contributed by atoms with Crippen LogP contribution in [-0.4, -0.2) is 57.8 Å². The van der Waals surface area contributed by atoms with Crippen LogP contribution in [0, 0.1) is 0 Å². The summed E-state index contributed by atoms with van der Waals surface area (Å²) in [4.78, 5) is 46.7. The van der Waals surface area contributed by atoms with E-state index in [0.29, 0.717) is 4.47 Å². The maximum Gasteiger partial charge on any atom is 0.343 e. The summed E-state index contributed by atoms with van der Waals surface area (Å²) in [6.07, 6.45) is -0.380. The number of hydrogen-bond acceptors (Lipinski definition) is 8. The molecule has 0 aliphatic rings. The van der Waals surface area contributed by atoms with Gasteiger partial charge >= 0.3 is 17.9 Å². The van der Waals surface area contributed by atoms with Crippen molar-refractivity contribution in [2.24, 2.45) is 0 Å². The molecular formula is C16H18BrNO8. The van der Waals surface area contributed by atoms with Gasteiger partial charge in [-0.05, 0) is 18.2 Å². The first-order chi connectivity index (χ1) is 12.3. The molecule has 0 spiro atoms.